The molecule has 0 saturated heterocycles. The van der Waals surface area contributed by atoms with Crippen LogP contribution in [0.15, 0.2) is 36.5 Å². The van der Waals surface area contributed by atoms with Crippen molar-refractivity contribution in [3.8, 4) is 11.5 Å². The molecule has 0 aliphatic heterocycles. The molecule has 0 saturated carbocycles. The summed E-state index contributed by atoms with van der Waals surface area (Å²) < 4.78 is 12.3. The SMILES string of the molecule is COc1ccc(OC)c([C@@H](O)c2cccn2C)c1. The molecule has 0 fully saturated rings. The van der Waals surface area contributed by atoms with Crippen molar-refractivity contribution in [2.75, 3.05) is 14.2 Å². The van der Waals surface area contributed by atoms with E-state index in [-0.39, 0.29) is 0 Å². The summed E-state index contributed by atoms with van der Waals surface area (Å²) in [5, 5.41) is 10.4. The minimum absolute atomic E-state index is 0.643. The smallest absolute Gasteiger partial charge is 0.125 e. The standard InChI is InChI=1S/C14H17NO3/c1-15-8-4-5-12(15)14(16)11-9-10(17-2)6-7-13(11)18-3/h4-9,14,16H,1-3H3/t14-/m1/s1. The highest BCUT2D eigenvalue weighted by Crippen LogP contribution is 2.32. The van der Waals surface area contributed by atoms with Gasteiger partial charge in [0.2, 0.25) is 0 Å². The molecule has 4 nitrogen and oxygen atoms in total. The molecule has 0 radical (unpaired) electrons. The summed E-state index contributed by atoms with van der Waals surface area (Å²) in [6, 6.07) is 9.16. The van der Waals surface area contributed by atoms with E-state index < -0.39 is 6.10 Å². The molecule has 96 valence electrons. The van der Waals surface area contributed by atoms with Crippen LogP contribution in [0.25, 0.3) is 0 Å². The molecule has 0 aliphatic carbocycles. The fourth-order valence-electron chi connectivity index (χ4n) is 1.97. The molecule has 1 N–H and O–H groups in total. The largest absolute Gasteiger partial charge is 0.497 e. The van der Waals surface area contributed by atoms with Crippen molar-refractivity contribution in [3.63, 3.8) is 0 Å². The lowest BCUT2D eigenvalue weighted by Gasteiger charge is -2.16. The van der Waals surface area contributed by atoms with Crippen LogP contribution in [-0.2, 0) is 7.05 Å². The van der Waals surface area contributed by atoms with Gasteiger partial charge in [-0.1, -0.05) is 0 Å². The zero-order valence-electron chi connectivity index (χ0n) is 10.8. The maximum Gasteiger partial charge on any atom is 0.125 e. The van der Waals surface area contributed by atoms with E-state index in [2.05, 4.69) is 0 Å². The van der Waals surface area contributed by atoms with E-state index >= 15 is 0 Å². The molecule has 0 aliphatic rings. The molecule has 1 heterocycles. The molecule has 1 atom stereocenters. The Morgan fingerprint density at radius 3 is 2.50 bits per heavy atom. The molecule has 2 rings (SSSR count). The van der Waals surface area contributed by atoms with Gasteiger partial charge in [-0.2, -0.15) is 0 Å². The predicted octanol–water partition coefficient (Wildman–Crippen LogP) is 2.12. The quantitative estimate of drug-likeness (QED) is 0.900. The van der Waals surface area contributed by atoms with Crippen LogP contribution in [0.2, 0.25) is 0 Å². The van der Waals surface area contributed by atoms with Gasteiger partial charge in [0.15, 0.2) is 0 Å². The highest BCUT2D eigenvalue weighted by Gasteiger charge is 2.18. The molecule has 0 bridgehead atoms. The van der Waals surface area contributed by atoms with Crippen molar-refractivity contribution < 1.29 is 14.6 Å². The highest BCUT2D eigenvalue weighted by atomic mass is 16.5. The molecule has 0 spiro atoms. The van der Waals surface area contributed by atoms with Gasteiger partial charge in [0.1, 0.15) is 17.6 Å². The van der Waals surface area contributed by atoms with Gasteiger partial charge in [0.25, 0.3) is 0 Å². The van der Waals surface area contributed by atoms with Gasteiger partial charge in [0.05, 0.1) is 19.9 Å². The average Bonchev–Trinajstić information content (AvgIpc) is 2.83. The zero-order chi connectivity index (χ0) is 13.1. The van der Waals surface area contributed by atoms with Crippen molar-refractivity contribution in [1.29, 1.82) is 0 Å². The summed E-state index contributed by atoms with van der Waals surface area (Å²) in [6.45, 7) is 0. The number of aliphatic hydroxyl groups excluding tert-OH is 1. The Morgan fingerprint density at radius 2 is 1.94 bits per heavy atom. The Balaban J connectivity index is 2.45. The number of nitrogens with zero attached hydrogens (tertiary/aromatic N) is 1. The second kappa shape index (κ2) is 5.14. The lowest BCUT2D eigenvalue weighted by atomic mass is 10.0. The molecular formula is C14H17NO3. The van der Waals surface area contributed by atoms with Gasteiger partial charge >= 0.3 is 0 Å². The van der Waals surface area contributed by atoms with E-state index in [0.717, 1.165) is 5.69 Å². The fourth-order valence-corrected chi connectivity index (χ4v) is 1.97. The minimum atomic E-state index is -0.741. The van der Waals surface area contributed by atoms with E-state index in [0.29, 0.717) is 17.1 Å². The highest BCUT2D eigenvalue weighted by molar-refractivity contribution is 5.44. The lowest BCUT2D eigenvalue weighted by Crippen LogP contribution is -2.07. The number of ether oxygens (including phenoxy) is 2. The van der Waals surface area contributed by atoms with Gasteiger partial charge in [-0.15, -0.1) is 0 Å². The summed E-state index contributed by atoms with van der Waals surface area (Å²) >= 11 is 0. The normalized spacial score (nSPS) is 12.2. The second-order valence-electron chi connectivity index (χ2n) is 4.05. The average molecular weight is 247 g/mol. The predicted molar refractivity (Wildman–Crippen MR) is 69.0 cm³/mol. The number of aromatic nitrogens is 1. The second-order valence-corrected chi connectivity index (χ2v) is 4.05. The van der Waals surface area contributed by atoms with Crippen molar-refractivity contribution >= 4 is 0 Å². The number of hydrogen-bond donors (Lipinski definition) is 1. The van der Waals surface area contributed by atoms with Crippen molar-refractivity contribution in [3.05, 3.63) is 47.8 Å². The van der Waals surface area contributed by atoms with Crippen LogP contribution >= 0.6 is 0 Å². The first-order chi connectivity index (χ1) is 8.67. The van der Waals surface area contributed by atoms with E-state index in [4.69, 9.17) is 9.47 Å². The third kappa shape index (κ3) is 2.19. The maximum atomic E-state index is 10.4. The van der Waals surface area contributed by atoms with Gasteiger partial charge in [0, 0.05) is 18.8 Å². The third-order valence-corrected chi connectivity index (χ3v) is 3.00. The van der Waals surface area contributed by atoms with E-state index in [9.17, 15) is 5.11 Å². The van der Waals surface area contributed by atoms with E-state index in [1.807, 2.05) is 29.9 Å². The minimum Gasteiger partial charge on any atom is -0.497 e. The summed E-state index contributed by atoms with van der Waals surface area (Å²) in [5.41, 5.74) is 1.50. The van der Waals surface area contributed by atoms with Gasteiger partial charge in [-0.25, -0.2) is 0 Å². The van der Waals surface area contributed by atoms with Gasteiger partial charge in [-0.05, 0) is 30.3 Å². The zero-order valence-corrected chi connectivity index (χ0v) is 10.8. The lowest BCUT2D eigenvalue weighted by molar-refractivity contribution is 0.205. The third-order valence-electron chi connectivity index (χ3n) is 3.00. The number of hydrogen-bond acceptors (Lipinski definition) is 3. The molecular weight excluding hydrogens is 230 g/mol. The van der Waals surface area contributed by atoms with Crippen LogP contribution in [0.3, 0.4) is 0 Å². The van der Waals surface area contributed by atoms with Crippen molar-refractivity contribution in [2.45, 2.75) is 6.10 Å². The Bertz CT molecular complexity index is 534. The number of aliphatic hydroxyl groups is 1. The first kappa shape index (κ1) is 12.5. The topological polar surface area (TPSA) is 43.6 Å². The number of aryl methyl sites for hydroxylation is 1. The summed E-state index contributed by atoms with van der Waals surface area (Å²) in [5.74, 6) is 1.34. The van der Waals surface area contributed by atoms with Crippen LogP contribution in [0.4, 0.5) is 0 Å². The van der Waals surface area contributed by atoms with Crippen LogP contribution in [0.5, 0.6) is 11.5 Å². The molecule has 1 aromatic heterocycles. The first-order valence-electron chi connectivity index (χ1n) is 5.68. The summed E-state index contributed by atoms with van der Waals surface area (Å²) in [6.07, 6.45) is 1.15. The molecule has 18 heavy (non-hydrogen) atoms. The maximum absolute atomic E-state index is 10.4. The van der Waals surface area contributed by atoms with Crippen molar-refractivity contribution in [2.24, 2.45) is 7.05 Å². The van der Waals surface area contributed by atoms with E-state index in [1.165, 1.54) is 0 Å². The molecule has 0 unspecified atom stereocenters. The van der Waals surface area contributed by atoms with Gasteiger partial charge in [-0.3, -0.25) is 0 Å². The monoisotopic (exact) mass is 247 g/mol. The Kier molecular flexibility index (Phi) is 3.58. The van der Waals surface area contributed by atoms with E-state index in [1.54, 1.807) is 32.4 Å². The Morgan fingerprint density at radius 1 is 1.17 bits per heavy atom. The van der Waals surface area contributed by atoms with Crippen LogP contribution in [-0.4, -0.2) is 23.9 Å². The first-order valence-corrected chi connectivity index (χ1v) is 5.68. The molecule has 0 amide bonds. The fraction of sp³-hybridized carbons (Fsp3) is 0.286. The molecule has 4 heteroatoms. The number of rotatable bonds is 4. The Labute approximate surface area is 106 Å². The van der Waals surface area contributed by atoms with Gasteiger partial charge < -0.3 is 19.1 Å². The van der Waals surface area contributed by atoms with Crippen LogP contribution in [0, 0.1) is 0 Å². The number of benzene rings is 1. The summed E-state index contributed by atoms with van der Waals surface area (Å²) in [4.78, 5) is 0. The molecule has 2 aromatic rings. The summed E-state index contributed by atoms with van der Waals surface area (Å²) in [7, 11) is 5.08. The number of methoxy groups -OCH3 is 2. The van der Waals surface area contributed by atoms with Crippen molar-refractivity contribution in [1.82, 2.24) is 4.57 Å². The molecule has 1 aromatic carbocycles. The Hall–Kier alpha value is -1.94. The van der Waals surface area contributed by atoms with Crippen LogP contribution in [0.1, 0.15) is 17.4 Å². The van der Waals surface area contributed by atoms with Crippen LogP contribution < -0.4 is 9.47 Å².